The number of amides is 1. The lowest BCUT2D eigenvalue weighted by Gasteiger charge is -2.23. The average Bonchev–Trinajstić information content (AvgIpc) is 3.29. The SMILES string of the molecule is CC/C=C/C/C=C/C/C=C/C/C=C/C/C=C/C(CC(=O)NC(CO)C(O)CCCCCCCCCCCCCCCC)OC(=O)CCCCCCCCCCCCCCCCCCC. The molecule has 0 saturated heterocycles. The second kappa shape index (κ2) is 51.5. The highest BCUT2D eigenvalue weighted by Gasteiger charge is 2.23. The zero-order valence-corrected chi connectivity index (χ0v) is 42.4. The third-order valence-corrected chi connectivity index (χ3v) is 12.4. The Morgan fingerprint density at radius 3 is 1.19 bits per heavy atom. The second-order valence-corrected chi connectivity index (χ2v) is 18.6. The number of esters is 1. The number of carbonyl (C=O) groups excluding carboxylic acids is 2. The van der Waals surface area contributed by atoms with Crippen molar-refractivity contribution in [1.82, 2.24) is 5.32 Å². The van der Waals surface area contributed by atoms with Crippen LogP contribution in [0.25, 0.3) is 0 Å². The average molecular weight is 896 g/mol. The summed E-state index contributed by atoms with van der Waals surface area (Å²) in [6.45, 7) is 6.35. The van der Waals surface area contributed by atoms with E-state index >= 15 is 0 Å². The minimum atomic E-state index is -0.819. The van der Waals surface area contributed by atoms with E-state index in [0.29, 0.717) is 19.3 Å². The standard InChI is InChI=1S/C58H105NO5/c1-4-7-10-13-16-19-22-25-28-29-30-33-36-39-42-45-48-51-58(63)64-54(49-46-43-40-37-34-31-26-23-20-17-14-11-8-5-2)52-57(62)59-55(53-60)56(61)50-47-44-41-38-35-32-27-24-21-18-15-12-9-6-3/h8,11,17,20,26,31,37,40,46,49,54-56,60-61H,4-7,9-10,12-16,18-19,21-25,27-30,32-36,38-39,41-45,47-48,50-53H2,1-3H3,(H,59,62)/b11-8+,20-17+,31-26+,40-37+,49-46+. The fourth-order valence-corrected chi connectivity index (χ4v) is 8.22. The number of nitrogens with one attached hydrogen (secondary N) is 1. The van der Waals surface area contributed by atoms with E-state index in [9.17, 15) is 19.8 Å². The Kier molecular flexibility index (Phi) is 49.6. The van der Waals surface area contributed by atoms with Crippen LogP contribution in [0.2, 0.25) is 0 Å². The first-order valence-corrected chi connectivity index (χ1v) is 27.5. The van der Waals surface area contributed by atoms with E-state index in [4.69, 9.17) is 4.74 Å². The van der Waals surface area contributed by atoms with Crippen LogP contribution in [-0.2, 0) is 14.3 Å². The Morgan fingerprint density at radius 2 is 0.812 bits per heavy atom. The third-order valence-electron chi connectivity index (χ3n) is 12.4. The fraction of sp³-hybridized carbons (Fsp3) is 0.793. The normalized spacial score (nSPS) is 13.6. The molecule has 0 aromatic rings. The number of aliphatic hydroxyl groups is 2. The molecule has 64 heavy (non-hydrogen) atoms. The van der Waals surface area contributed by atoms with Gasteiger partial charge < -0.3 is 20.3 Å². The summed E-state index contributed by atoms with van der Waals surface area (Å²) in [4.78, 5) is 26.1. The molecule has 0 fully saturated rings. The van der Waals surface area contributed by atoms with Gasteiger partial charge in [-0.15, -0.1) is 0 Å². The number of rotatable bonds is 49. The molecule has 372 valence electrons. The Hall–Kier alpha value is -2.44. The van der Waals surface area contributed by atoms with Gasteiger partial charge in [0, 0.05) is 6.42 Å². The Balaban J connectivity index is 4.65. The van der Waals surface area contributed by atoms with E-state index in [2.05, 4.69) is 74.7 Å². The molecule has 0 aliphatic carbocycles. The Bertz CT molecular complexity index is 1140. The molecule has 6 nitrogen and oxygen atoms in total. The first-order valence-electron chi connectivity index (χ1n) is 27.5. The maximum atomic E-state index is 13.2. The van der Waals surface area contributed by atoms with Gasteiger partial charge in [-0.1, -0.05) is 268 Å². The molecule has 0 rings (SSSR count). The maximum Gasteiger partial charge on any atom is 0.306 e. The van der Waals surface area contributed by atoms with Gasteiger partial charge in [-0.3, -0.25) is 9.59 Å². The molecule has 0 heterocycles. The third kappa shape index (κ3) is 46.1. The van der Waals surface area contributed by atoms with E-state index < -0.39 is 18.2 Å². The molecule has 3 unspecified atom stereocenters. The smallest absolute Gasteiger partial charge is 0.306 e. The van der Waals surface area contributed by atoms with Gasteiger partial charge in [0.1, 0.15) is 6.10 Å². The van der Waals surface area contributed by atoms with E-state index in [1.54, 1.807) is 0 Å². The number of aliphatic hydroxyl groups excluding tert-OH is 2. The molecule has 0 aromatic heterocycles. The predicted molar refractivity (Wildman–Crippen MR) is 278 cm³/mol. The minimum Gasteiger partial charge on any atom is -0.458 e. The van der Waals surface area contributed by atoms with E-state index in [-0.39, 0.29) is 24.9 Å². The van der Waals surface area contributed by atoms with Crippen LogP contribution in [0, 0.1) is 0 Å². The van der Waals surface area contributed by atoms with Crippen LogP contribution in [-0.4, -0.2) is 46.9 Å². The summed E-state index contributed by atoms with van der Waals surface area (Å²) < 4.78 is 5.84. The highest BCUT2D eigenvalue weighted by Crippen LogP contribution is 2.17. The lowest BCUT2D eigenvalue weighted by Crippen LogP contribution is -2.46. The molecular weight excluding hydrogens is 791 g/mol. The molecule has 6 heteroatoms. The van der Waals surface area contributed by atoms with Crippen LogP contribution in [0.5, 0.6) is 0 Å². The Labute approximate surface area is 397 Å². The van der Waals surface area contributed by atoms with Crippen molar-refractivity contribution in [2.24, 2.45) is 0 Å². The van der Waals surface area contributed by atoms with Crippen LogP contribution in [0.15, 0.2) is 60.8 Å². The van der Waals surface area contributed by atoms with Gasteiger partial charge in [0.05, 0.1) is 25.2 Å². The lowest BCUT2D eigenvalue weighted by molar-refractivity contribution is -0.148. The van der Waals surface area contributed by atoms with Gasteiger partial charge in [-0.2, -0.15) is 0 Å². The number of hydrogen-bond donors (Lipinski definition) is 3. The van der Waals surface area contributed by atoms with Crippen LogP contribution < -0.4 is 5.32 Å². The topological polar surface area (TPSA) is 95.9 Å². The van der Waals surface area contributed by atoms with Gasteiger partial charge in [0.25, 0.3) is 0 Å². The van der Waals surface area contributed by atoms with Crippen LogP contribution >= 0.6 is 0 Å². The molecule has 0 aliphatic heterocycles. The van der Waals surface area contributed by atoms with Crippen molar-refractivity contribution in [3.8, 4) is 0 Å². The lowest BCUT2D eigenvalue weighted by atomic mass is 10.0. The molecule has 3 N–H and O–H groups in total. The van der Waals surface area contributed by atoms with Crippen molar-refractivity contribution >= 4 is 11.9 Å². The highest BCUT2D eigenvalue weighted by atomic mass is 16.5. The van der Waals surface area contributed by atoms with Crippen molar-refractivity contribution in [2.45, 2.75) is 289 Å². The zero-order chi connectivity index (χ0) is 46.7. The molecule has 0 bridgehead atoms. The molecule has 0 radical (unpaired) electrons. The molecule has 0 aliphatic rings. The summed E-state index contributed by atoms with van der Waals surface area (Å²) in [7, 11) is 0. The van der Waals surface area contributed by atoms with E-state index in [1.165, 1.54) is 161 Å². The highest BCUT2D eigenvalue weighted by molar-refractivity contribution is 5.78. The minimum absolute atomic E-state index is 0.0441. The fourth-order valence-electron chi connectivity index (χ4n) is 8.22. The predicted octanol–water partition coefficient (Wildman–Crippen LogP) is 16.8. The van der Waals surface area contributed by atoms with Gasteiger partial charge in [-0.25, -0.2) is 0 Å². The summed E-state index contributed by atoms with van der Waals surface area (Å²) in [5.41, 5.74) is 0. The largest absolute Gasteiger partial charge is 0.458 e. The second-order valence-electron chi connectivity index (χ2n) is 18.6. The Morgan fingerprint density at radius 1 is 0.469 bits per heavy atom. The molecule has 1 amide bonds. The number of allylic oxidation sites excluding steroid dienone is 9. The van der Waals surface area contributed by atoms with Gasteiger partial charge >= 0.3 is 5.97 Å². The molecule has 0 saturated carbocycles. The van der Waals surface area contributed by atoms with E-state index in [0.717, 1.165) is 64.2 Å². The van der Waals surface area contributed by atoms with Crippen molar-refractivity contribution < 1.29 is 24.5 Å². The molecule has 3 atom stereocenters. The number of hydrogen-bond acceptors (Lipinski definition) is 5. The zero-order valence-electron chi connectivity index (χ0n) is 42.4. The first kappa shape index (κ1) is 61.6. The summed E-state index contributed by atoms with van der Waals surface area (Å²) >= 11 is 0. The maximum absolute atomic E-state index is 13.2. The molecule has 0 spiro atoms. The van der Waals surface area contributed by atoms with Crippen molar-refractivity contribution in [1.29, 1.82) is 0 Å². The summed E-state index contributed by atoms with van der Waals surface area (Å²) in [6, 6.07) is -0.742. The number of ether oxygens (including phenoxy) is 1. The van der Waals surface area contributed by atoms with Crippen molar-refractivity contribution in [3.05, 3.63) is 60.8 Å². The van der Waals surface area contributed by atoms with Crippen LogP contribution in [0.3, 0.4) is 0 Å². The summed E-state index contributed by atoms with van der Waals surface area (Å²) in [5.74, 6) is -0.619. The molecular formula is C58H105NO5. The number of unbranched alkanes of at least 4 members (excludes halogenated alkanes) is 29. The number of carbonyl (C=O) groups is 2. The summed E-state index contributed by atoms with van der Waals surface area (Å²) in [5, 5.41) is 23.8. The molecule has 0 aromatic carbocycles. The van der Waals surface area contributed by atoms with Crippen LogP contribution in [0.4, 0.5) is 0 Å². The van der Waals surface area contributed by atoms with Crippen molar-refractivity contribution in [3.63, 3.8) is 0 Å². The van der Waals surface area contributed by atoms with Gasteiger partial charge in [-0.05, 0) is 51.0 Å². The van der Waals surface area contributed by atoms with E-state index in [1.807, 2.05) is 12.2 Å². The monoisotopic (exact) mass is 896 g/mol. The first-order chi connectivity index (χ1) is 31.5. The van der Waals surface area contributed by atoms with Crippen molar-refractivity contribution in [2.75, 3.05) is 6.61 Å². The van der Waals surface area contributed by atoms with Gasteiger partial charge in [0.15, 0.2) is 0 Å². The summed E-state index contributed by atoms with van der Waals surface area (Å²) in [6.07, 6.45) is 64.6. The van der Waals surface area contributed by atoms with Gasteiger partial charge in [0.2, 0.25) is 5.91 Å². The quantitative estimate of drug-likeness (QED) is 0.0321. The van der Waals surface area contributed by atoms with Crippen LogP contribution in [0.1, 0.15) is 271 Å².